The van der Waals surface area contributed by atoms with Gasteiger partial charge in [0.05, 0.1) is 6.61 Å². The number of alkyl carbamates (subject to hydrolysis) is 1. The van der Waals surface area contributed by atoms with E-state index in [0.29, 0.717) is 19.6 Å². The Balaban J connectivity index is 2.23. The Morgan fingerprint density at radius 2 is 1.85 bits per heavy atom. The van der Waals surface area contributed by atoms with Gasteiger partial charge in [0.25, 0.3) is 0 Å². The van der Waals surface area contributed by atoms with Gasteiger partial charge in [-0.15, -0.1) is 0 Å². The number of hydrogen-bond acceptors (Lipinski definition) is 5. The molecule has 0 aliphatic carbocycles. The first-order chi connectivity index (χ1) is 12.7. The van der Waals surface area contributed by atoms with E-state index < -0.39 is 29.5 Å². The molecule has 1 amide bonds. The molecule has 7 nitrogen and oxygen atoms in total. The third kappa shape index (κ3) is 10.9. The standard InChI is InChI=1S/C20H28NO6/c1-15(22)17(21-19(24)27-20(2,3)4)14-26-18(23)11-8-12-25-13-16-9-6-5-7-10-16/h5-7,9-10,17H,1,8,11-14H2,2-4H3,(H,21,24)/t17-/m0/s1. The predicted molar refractivity (Wildman–Crippen MR) is 99.3 cm³/mol. The predicted octanol–water partition coefficient (Wildman–Crippen LogP) is 3.36. The Hall–Kier alpha value is -2.54. The van der Waals surface area contributed by atoms with Crippen molar-refractivity contribution in [3.8, 4) is 0 Å². The monoisotopic (exact) mass is 378 g/mol. The van der Waals surface area contributed by atoms with Crippen LogP contribution in [-0.4, -0.2) is 36.9 Å². The molecule has 1 rings (SSSR count). The van der Waals surface area contributed by atoms with Crippen molar-refractivity contribution >= 4 is 12.1 Å². The molecule has 0 saturated carbocycles. The van der Waals surface area contributed by atoms with Crippen LogP contribution in [0.25, 0.3) is 0 Å². The summed E-state index contributed by atoms with van der Waals surface area (Å²) in [6, 6.07) is 8.67. The van der Waals surface area contributed by atoms with Gasteiger partial charge in [-0.1, -0.05) is 36.9 Å². The molecule has 1 aromatic carbocycles. The second-order valence-electron chi connectivity index (χ2n) is 6.99. The van der Waals surface area contributed by atoms with Crippen LogP contribution in [0.3, 0.4) is 0 Å². The van der Waals surface area contributed by atoms with Gasteiger partial charge in [0, 0.05) is 13.0 Å². The number of rotatable bonds is 10. The minimum atomic E-state index is -1.04. The van der Waals surface area contributed by atoms with Crippen LogP contribution in [-0.2, 0) is 30.7 Å². The number of nitrogens with one attached hydrogen (secondary N) is 1. The van der Waals surface area contributed by atoms with Gasteiger partial charge in [0.1, 0.15) is 18.2 Å². The van der Waals surface area contributed by atoms with Crippen LogP contribution in [0.2, 0.25) is 0 Å². The second kappa shape index (κ2) is 11.2. The van der Waals surface area contributed by atoms with Crippen LogP contribution in [0, 0.1) is 0 Å². The summed E-state index contributed by atoms with van der Waals surface area (Å²) in [6.45, 7) is 8.97. The number of carbonyl (C=O) groups is 2. The molecule has 0 unspecified atom stereocenters. The molecule has 0 aromatic heterocycles. The van der Waals surface area contributed by atoms with Crippen LogP contribution >= 0.6 is 0 Å². The molecule has 0 aliphatic heterocycles. The van der Waals surface area contributed by atoms with E-state index >= 15 is 0 Å². The summed E-state index contributed by atoms with van der Waals surface area (Å²) in [5.74, 6) is -1.05. The lowest BCUT2D eigenvalue weighted by Gasteiger charge is -2.22. The van der Waals surface area contributed by atoms with Gasteiger partial charge < -0.3 is 19.5 Å². The molecular formula is C20H28NO6. The summed E-state index contributed by atoms with van der Waals surface area (Å²) < 4.78 is 15.6. The van der Waals surface area contributed by atoms with Crippen LogP contribution in [0.4, 0.5) is 4.79 Å². The molecule has 0 spiro atoms. The molecule has 0 heterocycles. The van der Waals surface area contributed by atoms with Crippen LogP contribution < -0.4 is 5.32 Å². The largest absolute Gasteiger partial charge is 0.463 e. The lowest BCUT2D eigenvalue weighted by atomic mass is 10.2. The highest BCUT2D eigenvalue weighted by molar-refractivity contribution is 5.70. The van der Waals surface area contributed by atoms with Crippen LogP contribution in [0.1, 0.15) is 39.2 Å². The van der Waals surface area contributed by atoms with Gasteiger partial charge in [0.15, 0.2) is 5.76 Å². The Bertz CT molecular complexity index is 609. The van der Waals surface area contributed by atoms with E-state index in [1.807, 2.05) is 30.3 Å². The zero-order valence-electron chi connectivity index (χ0n) is 16.2. The zero-order chi connectivity index (χ0) is 20.3. The fourth-order valence-electron chi connectivity index (χ4n) is 2.00. The molecule has 1 aromatic rings. The molecule has 149 valence electrons. The van der Waals surface area contributed by atoms with Crippen molar-refractivity contribution in [2.45, 2.75) is 51.9 Å². The quantitative estimate of drug-likeness (QED) is 0.383. The van der Waals surface area contributed by atoms with Gasteiger partial charge >= 0.3 is 12.1 Å². The molecule has 1 N–H and O–H groups in total. The molecule has 1 atom stereocenters. The zero-order valence-corrected chi connectivity index (χ0v) is 16.2. The Kier molecular flexibility index (Phi) is 9.36. The minimum Gasteiger partial charge on any atom is -0.463 e. The first-order valence-electron chi connectivity index (χ1n) is 8.80. The molecule has 1 radical (unpaired) electrons. The molecule has 0 aliphatic rings. The van der Waals surface area contributed by atoms with Crippen LogP contribution in [0.5, 0.6) is 0 Å². The molecule has 27 heavy (non-hydrogen) atoms. The van der Waals surface area contributed by atoms with E-state index in [-0.39, 0.29) is 13.0 Å². The topological polar surface area (TPSA) is 93.8 Å². The summed E-state index contributed by atoms with van der Waals surface area (Å²) in [4.78, 5) is 23.5. The maximum Gasteiger partial charge on any atom is 0.408 e. The smallest absolute Gasteiger partial charge is 0.408 e. The number of amides is 1. The Labute approximate surface area is 160 Å². The van der Waals surface area contributed by atoms with E-state index in [1.165, 1.54) is 0 Å². The molecule has 0 fully saturated rings. The Morgan fingerprint density at radius 1 is 1.19 bits per heavy atom. The number of ether oxygens (including phenoxy) is 3. The average Bonchev–Trinajstić information content (AvgIpc) is 2.57. The van der Waals surface area contributed by atoms with Crippen molar-refractivity contribution in [3.63, 3.8) is 0 Å². The number of hydrogen-bond donors (Lipinski definition) is 1. The van der Waals surface area contributed by atoms with Crippen molar-refractivity contribution in [3.05, 3.63) is 48.2 Å². The fraction of sp³-hybridized carbons (Fsp3) is 0.500. The maximum absolute atomic E-state index is 11.8. The van der Waals surface area contributed by atoms with E-state index in [1.54, 1.807) is 20.8 Å². The summed E-state index contributed by atoms with van der Waals surface area (Å²) in [6.07, 6.45) is -0.122. The van der Waals surface area contributed by atoms with E-state index in [9.17, 15) is 14.7 Å². The van der Waals surface area contributed by atoms with Gasteiger partial charge in [-0.05, 0) is 32.8 Å². The van der Waals surface area contributed by atoms with Crippen molar-refractivity contribution < 1.29 is 28.9 Å². The van der Waals surface area contributed by atoms with E-state index in [0.717, 1.165) is 5.56 Å². The minimum absolute atomic E-state index is 0.152. The number of benzene rings is 1. The van der Waals surface area contributed by atoms with Crippen LogP contribution in [0.15, 0.2) is 42.7 Å². The molecular weight excluding hydrogens is 350 g/mol. The summed E-state index contributed by atoms with van der Waals surface area (Å²) in [5.41, 5.74) is 0.361. The lowest BCUT2D eigenvalue weighted by molar-refractivity contribution is -0.144. The normalized spacial score (nSPS) is 12.1. The number of esters is 1. The van der Waals surface area contributed by atoms with E-state index in [2.05, 4.69) is 11.9 Å². The Morgan fingerprint density at radius 3 is 2.44 bits per heavy atom. The lowest BCUT2D eigenvalue weighted by Crippen LogP contribution is -2.42. The highest BCUT2D eigenvalue weighted by atomic mass is 16.6. The first-order valence-corrected chi connectivity index (χ1v) is 8.80. The summed E-state index contributed by atoms with van der Waals surface area (Å²) >= 11 is 0. The first kappa shape index (κ1) is 22.5. The van der Waals surface area contributed by atoms with Gasteiger partial charge in [-0.25, -0.2) is 4.79 Å². The number of carbonyl (C=O) groups excluding carboxylic acids is 2. The van der Waals surface area contributed by atoms with Crippen molar-refractivity contribution in [2.75, 3.05) is 13.2 Å². The maximum atomic E-state index is 11.8. The highest BCUT2D eigenvalue weighted by Gasteiger charge is 2.23. The SMILES string of the molecule is C=C([O])[C@H](COC(=O)CCCOCc1ccccc1)NC(=O)OC(C)(C)C. The van der Waals surface area contributed by atoms with Crippen molar-refractivity contribution in [1.82, 2.24) is 5.32 Å². The fourth-order valence-corrected chi connectivity index (χ4v) is 2.00. The highest BCUT2D eigenvalue weighted by Crippen LogP contribution is 2.08. The molecule has 0 saturated heterocycles. The van der Waals surface area contributed by atoms with E-state index in [4.69, 9.17) is 14.2 Å². The van der Waals surface area contributed by atoms with Gasteiger partial charge in [-0.2, -0.15) is 0 Å². The third-order valence-electron chi connectivity index (χ3n) is 3.27. The summed E-state index contributed by atoms with van der Waals surface area (Å²) in [7, 11) is 0. The molecule has 7 heteroatoms. The van der Waals surface area contributed by atoms with Crippen molar-refractivity contribution in [1.29, 1.82) is 0 Å². The van der Waals surface area contributed by atoms with Gasteiger partial charge in [0.2, 0.25) is 0 Å². The average molecular weight is 378 g/mol. The second-order valence-corrected chi connectivity index (χ2v) is 6.99. The third-order valence-corrected chi connectivity index (χ3v) is 3.27. The van der Waals surface area contributed by atoms with Gasteiger partial charge in [-0.3, -0.25) is 9.90 Å². The molecule has 0 bridgehead atoms. The summed E-state index contributed by atoms with van der Waals surface area (Å²) in [5, 5.41) is 13.8. The van der Waals surface area contributed by atoms with Crippen molar-refractivity contribution in [2.24, 2.45) is 0 Å².